The van der Waals surface area contributed by atoms with Gasteiger partial charge >= 0.3 is 5.97 Å². The van der Waals surface area contributed by atoms with Crippen molar-refractivity contribution in [3.8, 4) is 0 Å². The Morgan fingerprint density at radius 1 is 1.58 bits per heavy atom. The lowest BCUT2D eigenvalue weighted by molar-refractivity contribution is -0.133. The van der Waals surface area contributed by atoms with Crippen LogP contribution in [-0.4, -0.2) is 52.5 Å². The highest BCUT2D eigenvalue weighted by Gasteiger charge is 2.12. The largest absolute Gasteiger partial charge is 0.481 e. The van der Waals surface area contributed by atoms with Gasteiger partial charge in [0.1, 0.15) is 6.54 Å². The van der Waals surface area contributed by atoms with Crippen molar-refractivity contribution in [1.29, 1.82) is 0 Å². The second kappa shape index (κ2) is 7.80. The Balaban J connectivity index is 2.58. The minimum atomic E-state index is -0.915. The normalized spacial score (nSPS) is 10.4. The Hall–Kier alpha value is -1.54. The van der Waals surface area contributed by atoms with Crippen LogP contribution in [0.3, 0.4) is 0 Å². The number of carboxylic acids is 1. The van der Waals surface area contributed by atoms with Crippen LogP contribution in [0.4, 0.5) is 0 Å². The minimum absolute atomic E-state index is 0.0816. The molecule has 0 radical (unpaired) electrons. The highest BCUT2D eigenvalue weighted by Crippen LogP contribution is 2.17. The first-order valence-electron chi connectivity index (χ1n) is 5.67. The number of rotatable bonds is 8. The standard InChI is InChI=1S/C11H17N3O4S/c1-8-5-13-11(19-7-10(16)17)14(8)6-9(15)12-3-4-18-2/h5H,3-4,6-7H2,1-2H3,(H,12,15)(H,16,17). The number of aryl methyl sites for hydroxylation is 1. The van der Waals surface area contributed by atoms with Gasteiger partial charge in [-0.15, -0.1) is 0 Å². The van der Waals surface area contributed by atoms with Crippen LogP contribution < -0.4 is 5.32 Å². The average molecular weight is 287 g/mol. The zero-order chi connectivity index (χ0) is 14.3. The molecule has 0 atom stereocenters. The Morgan fingerprint density at radius 2 is 2.32 bits per heavy atom. The summed E-state index contributed by atoms with van der Waals surface area (Å²) >= 11 is 1.09. The molecule has 1 amide bonds. The number of carbonyl (C=O) groups is 2. The summed E-state index contributed by atoms with van der Waals surface area (Å²) in [6, 6.07) is 0. The van der Waals surface area contributed by atoms with Gasteiger partial charge in [0, 0.05) is 25.5 Å². The average Bonchev–Trinajstić information content (AvgIpc) is 2.69. The van der Waals surface area contributed by atoms with Crippen LogP contribution in [-0.2, 0) is 20.9 Å². The lowest BCUT2D eigenvalue weighted by Crippen LogP contribution is -2.30. The zero-order valence-corrected chi connectivity index (χ0v) is 11.7. The van der Waals surface area contributed by atoms with Gasteiger partial charge < -0.3 is 19.7 Å². The number of ether oxygens (including phenoxy) is 1. The SMILES string of the molecule is COCCNC(=O)Cn1c(C)cnc1SCC(=O)O. The predicted molar refractivity (Wildman–Crippen MR) is 70.2 cm³/mol. The van der Waals surface area contributed by atoms with Gasteiger partial charge in [0.05, 0.1) is 12.4 Å². The third-order valence-electron chi connectivity index (χ3n) is 2.27. The second-order valence-corrected chi connectivity index (χ2v) is 4.74. The molecule has 7 nitrogen and oxygen atoms in total. The van der Waals surface area contributed by atoms with Crippen LogP contribution in [0.1, 0.15) is 5.69 Å². The summed E-state index contributed by atoms with van der Waals surface area (Å²) in [5.74, 6) is -1.15. The maximum absolute atomic E-state index is 11.7. The molecular formula is C11H17N3O4S. The fourth-order valence-corrected chi connectivity index (χ4v) is 2.11. The van der Waals surface area contributed by atoms with E-state index in [-0.39, 0.29) is 18.2 Å². The van der Waals surface area contributed by atoms with Gasteiger partial charge in [-0.3, -0.25) is 9.59 Å². The van der Waals surface area contributed by atoms with Gasteiger partial charge in [-0.2, -0.15) is 0 Å². The lowest BCUT2D eigenvalue weighted by atomic mass is 10.5. The summed E-state index contributed by atoms with van der Waals surface area (Å²) < 4.78 is 6.53. The highest BCUT2D eigenvalue weighted by atomic mass is 32.2. The Kier molecular flexibility index (Phi) is 6.37. The summed E-state index contributed by atoms with van der Waals surface area (Å²) in [5.41, 5.74) is 0.815. The van der Waals surface area contributed by atoms with E-state index in [2.05, 4.69) is 10.3 Å². The van der Waals surface area contributed by atoms with E-state index < -0.39 is 5.97 Å². The molecule has 0 unspecified atom stereocenters. The first kappa shape index (κ1) is 15.5. The fraction of sp³-hybridized carbons (Fsp3) is 0.545. The maximum Gasteiger partial charge on any atom is 0.313 e. The van der Waals surface area contributed by atoms with Crippen LogP contribution in [0.5, 0.6) is 0 Å². The number of nitrogens with zero attached hydrogens (tertiary/aromatic N) is 2. The van der Waals surface area contributed by atoms with E-state index >= 15 is 0 Å². The number of carbonyl (C=O) groups excluding carboxylic acids is 1. The topological polar surface area (TPSA) is 93.5 Å². The first-order chi connectivity index (χ1) is 9.04. The molecule has 0 saturated heterocycles. The molecule has 0 fully saturated rings. The van der Waals surface area contributed by atoms with Crippen molar-refractivity contribution >= 4 is 23.6 Å². The lowest BCUT2D eigenvalue weighted by Gasteiger charge is -2.09. The molecule has 0 spiro atoms. The molecule has 0 aliphatic heterocycles. The third-order valence-corrected chi connectivity index (χ3v) is 3.25. The quantitative estimate of drug-likeness (QED) is 0.521. The highest BCUT2D eigenvalue weighted by molar-refractivity contribution is 7.99. The molecule has 0 saturated carbocycles. The number of aliphatic carboxylic acids is 1. The van der Waals surface area contributed by atoms with Crippen LogP contribution in [0.15, 0.2) is 11.4 Å². The Morgan fingerprint density at radius 3 is 2.95 bits per heavy atom. The minimum Gasteiger partial charge on any atom is -0.481 e. The summed E-state index contributed by atoms with van der Waals surface area (Å²) in [6.07, 6.45) is 1.62. The number of hydrogen-bond acceptors (Lipinski definition) is 5. The van der Waals surface area contributed by atoms with Crippen molar-refractivity contribution in [1.82, 2.24) is 14.9 Å². The maximum atomic E-state index is 11.7. The number of amides is 1. The summed E-state index contributed by atoms with van der Waals surface area (Å²) in [6.45, 7) is 2.84. The molecule has 1 rings (SSSR count). The third kappa shape index (κ3) is 5.31. The van der Waals surface area contributed by atoms with Crippen molar-refractivity contribution in [3.05, 3.63) is 11.9 Å². The molecule has 106 valence electrons. The molecule has 2 N–H and O–H groups in total. The van der Waals surface area contributed by atoms with Crippen molar-refractivity contribution in [2.24, 2.45) is 0 Å². The monoisotopic (exact) mass is 287 g/mol. The number of methoxy groups -OCH3 is 1. The van der Waals surface area contributed by atoms with Gasteiger partial charge in [-0.25, -0.2) is 4.98 Å². The Labute approximate surface area is 115 Å². The summed E-state index contributed by atoms with van der Waals surface area (Å²) in [5, 5.41) is 11.9. The Bertz CT molecular complexity index is 447. The van der Waals surface area contributed by atoms with Crippen LogP contribution in [0.25, 0.3) is 0 Å². The first-order valence-corrected chi connectivity index (χ1v) is 6.65. The van der Waals surface area contributed by atoms with Crippen LogP contribution in [0, 0.1) is 6.92 Å². The van der Waals surface area contributed by atoms with Gasteiger partial charge in [-0.05, 0) is 6.92 Å². The number of hydrogen-bond donors (Lipinski definition) is 2. The number of thioether (sulfide) groups is 1. The molecule has 1 aromatic rings. The number of carboxylic acid groups (broad SMARTS) is 1. The van der Waals surface area contributed by atoms with E-state index in [1.54, 1.807) is 17.9 Å². The molecule has 0 aliphatic carbocycles. The molecular weight excluding hydrogens is 270 g/mol. The van der Waals surface area contributed by atoms with Crippen molar-refractivity contribution in [3.63, 3.8) is 0 Å². The molecule has 0 bridgehead atoms. The van der Waals surface area contributed by atoms with E-state index in [0.29, 0.717) is 18.3 Å². The number of nitrogens with one attached hydrogen (secondary N) is 1. The van der Waals surface area contributed by atoms with Gasteiger partial charge in [0.2, 0.25) is 5.91 Å². The number of aromatic nitrogens is 2. The smallest absolute Gasteiger partial charge is 0.313 e. The van der Waals surface area contributed by atoms with Crippen LogP contribution >= 0.6 is 11.8 Å². The van der Waals surface area contributed by atoms with E-state index in [9.17, 15) is 9.59 Å². The van der Waals surface area contributed by atoms with Crippen molar-refractivity contribution < 1.29 is 19.4 Å². The van der Waals surface area contributed by atoms with E-state index in [1.807, 2.05) is 6.92 Å². The van der Waals surface area contributed by atoms with Crippen molar-refractivity contribution in [2.45, 2.75) is 18.6 Å². The molecule has 19 heavy (non-hydrogen) atoms. The molecule has 1 heterocycles. The van der Waals surface area contributed by atoms with Gasteiger partial charge in [-0.1, -0.05) is 11.8 Å². The molecule has 8 heteroatoms. The van der Waals surface area contributed by atoms with E-state index in [1.165, 1.54) is 0 Å². The van der Waals surface area contributed by atoms with Gasteiger partial charge in [0.15, 0.2) is 5.16 Å². The molecule has 1 aromatic heterocycles. The van der Waals surface area contributed by atoms with E-state index in [4.69, 9.17) is 9.84 Å². The summed E-state index contributed by atoms with van der Waals surface area (Å²) in [7, 11) is 1.56. The van der Waals surface area contributed by atoms with Gasteiger partial charge in [0.25, 0.3) is 0 Å². The van der Waals surface area contributed by atoms with E-state index in [0.717, 1.165) is 17.5 Å². The number of imidazole rings is 1. The zero-order valence-electron chi connectivity index (χ0n) is 10.9. The van der Waals surface area contributed by atoms with Crippen LogP contribution in [0.2, 0.25) is 0 Å². The predicted octanol–water partition coefficient (Wildman–Crippen LogP) is 0.131. The summed E-state index contributed by atoms with van der Waals surface area (Å²) in [4.78, 5) is 26.3. The molecule has 0 aromatic carbocycles. The second-order valence-electron chi connectivity index (χ2n) is 3.79. The fourth-order valence-electron chi connectivity index (χ4n) is 1.36. The van der Waals surface area contributed by atoms with Crippen molar-refractivity contribution in [2.75, 3.05) is 26.0 Å². The molecule has 0 aliphatic rings.